The van der Waals surface area contributed by atoms with Crippen LogP contribution >= 0.6 is 0 Å². The number of likely N-dealkylation sites (tertiary alicyclic amines) is 1. The molecule has 2 aliphatic heterocycles. The molecule has 0 bridgehead atoms. The van der Waals surface area contributed by atoms with Gasteiger partial charge in [-0.15, -0.1) is 0 Å². The van der Waals surface area contributed by atoms with Gasteiger partial charge >= 0.3 is 0 Å². The fourth-order valence-corrected chi connectivity index (χ4v) is 2.86. The molecule has 5 nitrogen and oxygen atoms in total. The summed E-state index contributed by atoms with van der Waals surface area (Å²) in [6, 6.07) is 0. The fourth-order valence-electron chi connectivity index (χ4n) is 2.86. The van der Waals surface area contributed by atoms with E-state index in [2.05, 4.69) is 21.3 Å². The summed E-state index contributed by atoms with van der Waals surface area (Å²) in [6.07, 6.45) is 5.55. The van der Waals surface area contributed by atoms with E-state index in [-0.39, 0.29) is 0 Å². The molecule has 1 fully saturated rings. The Kier molecular flexibility index (Phi) is 6.33. The molecule has 0 aromatic carbocycles. The van der Waals surface area contributed by atoms with E-state index >= 15 is 0 Å². The maximum absolute atomic E-state index is 5.32. The second kappa shape index (κ2) is 8.27. The highest BCUT2D eigenvalue weighted by Crippen LogP contribution is 2.16. The van der Waals surface area contributed by atoms with E-state index in [0.29, 0.717) is 5.92 Å². The monoisotopic (exact) mass is 281 g/mol. The van der Waals surface area contributed by atoms with E-state index in [1.165, 1.54) is 12.0 Å². The highest BCUT2D eigenvalue weighted by molar-refractivity contribution is 5.80. The predicted octanol–water partition coefficient (Wildman–Crippen LogP) is 1.27. The van der Waals surface area contributed by atoms with E-state index in [1.807, 2.05) is 7.05 Å². The van der Waals surface area contributed by atoms with Gasteiger partial charge in [0.25, 0.3) is 0 Å². The first-order valence-corrected chi connectivity index (χ1v) is 7.53. The molecule has 0 spiro atoms. The van der Waals surface area contributed by atoms with Crippen LogP contribution in [0.15, 0.2) is 16.6 Å². The summed E-state index contributed by atoms with van der Waals surface area (Å²) in [6.45, 7) is 5.55. The van der Waals surface area contributed by atoms with Crippen molar-refractivity contribution in [3.8, 4) is 0 Å². The Morgan fingerprint density at radius 1 is 1.60 bits per heavy atom. The number of hydrogen-bond acceptors (Lipinski definition) is 3. The SMILES string of the molecule is CN=C(NCCC1=CCOCC1)N1CCC(COC)C1. The van der Waals surface area contributed by atoms with Gasteiger partial charge in [-0.05, 0) is 19.3 Å². The minimum absolute atomic E-state index is 0.636. The number of hydrogen-bond donors (Lipinski definition) is 1. The lowest BCUT2D eigenvalue weighted by Gasteiger charge is -2.22. The Labute approximate surface area is 122 Å². The third-order valence-electron chi connectivity index (χ3n) is 3.99. The van der Waals surface area contributed by atoms with Crippen LogP contribution in [-0.2, 0) is 9.47 Å². The van der Waals surface area contributed by atoms with Crippen molar-refractivity contribution in [2.45, 2.75) is 19.3 Å². The van der Waals surface area contributed by atoms with Gasteiger partial charge in [-0.3, -0.25) is 4.99 Å². The van der Waals surface area contributed by atoms with E-state index in [4.69, 9.17) is 9.47 Å². The summed E-state index contributed by atoms with van der Waals surface area (Å²) in [4.78, 5) is 6.73. The predicted molar refractivity (Wildman–Crippen MR) is 81.1 cm³/mol. The van der Waals surface area contributed by atoms with Crippen molar-refractivity contribution in [2.75, 3.05) is 53.6 Å². The number of aliphatic imine (C=N–C) groups is 1. The van der Waals surface area contributed by atoms with Crippen molar-refractivity contribution in [2.24, 2.45) is 10.9 Å². The normalized spacial score (nSPS) is 23.9. The molecule has 20 heavy (non-hydrogen) atoms. The number of guanidine groups is 1. The number of rotatable bonds is 5. The van der Waals surface area contributed by atoms with Crippen molar-refractivity contribution in [1.82, 2.24) is 10.2 Å². The molecule has 0 radical (unpaired) electrons. The molecule has 0 saturated carbocycles. The summed E-state index contributed by atoms with van der Waals surface area (Å²) in [5.74, 6) is 1.66. The lowest BCUT2D eigenvalue weighted by Crippen LogP contribution is -2.40. The van der Waals surface area contributed by atoms with Crippen LogP contribution < -0.4 is 5.32 Å². The van der Waals surface area contributed by atoms with Crippen LogP contribution in [0.3, 0.4) is 0 Å². The first kappa shape index (κ1) is 15.3. The van der Waals surface area contributed by atoms with Crippen LogP contribution in [0.5, 0.6) is 0 Å². The van der Waals surface area contributed by atoms with E-state index in [9.17, 15) is 0 Å². The van der Waals surface area contributed by atoms with Crippen LogP contribution in [0.1, 0.15) is 19.3 Å². The van der Waals surface area contributed by atoms with Crippen LogP contribution in [0.25, 0.3) is 0 Å². The zero-order valence-electron chi connectivity index (χ0n) is 12.7. The molecule has 1 saturated heterocycles. The molecular weight excluding hydrogens is 254 g/mol. The number of ether oxygens (including phenoxy) is 2. The zero-order valence-corrected chi connectivity index (χ0v) is 12.7. The van der Waals surface area contributed by atoms with Crippen LogP contribution in [0.2, 0.25) is 0 Å². The molecular formula is C15H27N3O2. The van der Waals surface area contributed by atoms with Gasteiger partial charge in [0.2, 0.25) is 0 Å². The Balaban J connectivity index is 1.71. The molecule has 1 N–H and O–H groups in total. The summed E-state index contributed by atoms with van der Waals surface area (Å²) >= 11 is 0. The largest absolute Gasteiger partial charge is 0.384 e. The Morgan fingerprint density at radius 2 is 2.50 bits per heavy atom. The first-order chi connectivity index (χ1) is 9.83. The van der Waals surface area contributed by atoms with Crippen LogP contribution in [0.4, 0.5) is 0 Å². The smallest absolute Gasteiger partial charge is 0.193 e. The molecule has 114 valence electrons. The molecule has 2 heterocycles. The van der Waals surface area contributed by atoms with Gasteiger partial charge in [-0.1, -0.05) is 11.6 Å². The molecule has 0 aliphatic carbocycles. The molecule has 0 amide bonds. The topological polar surface area (TPSA) is 46.1 Å². The third kappa shape index (κ3) is 4.49. The minimum atomic E-state index is 0.636. The van der Waals surface area contributed by atoms with E-state index in [1.54, 1.807) is 7.11 Å². The number of nitrogens with one attached hydrogen (secondary N) is 1. The van der Waals surface area contributed by atoms with Gasteiger partial charge in [0.05, 0.1) is 19.8 Å². The number of nitrogens with zero attached hydrogens (tertiary/aromatic N) is 2. The standard InChI is InChI=1S/C15H27N3O2/c1-16-15(18-8-4-14(11-18)12-19-2)17-7-3-13-5-9-20-10-6-13/h5,14H,3-4,6-12H2,1-2H3,(H,16,17). The van der Waals surface area contributed by atoms with Crippen molar-refractivity contribution in [1.29, 1.82) is 0 Å². The van der Waals surface area contributed by atoms with Crippen LogP contribution in [0, 0.1) is 5.92 Å². The quantitative estimate of drug-likeness (QED) is 0.468. The van der Waals surface area contributed by atoms with E-state index < -0.39 is 0 Å². The lowest BCUT2D eigenvalue weighted by atomic mass is 10.1. The summed E-state index contributed by atoms with van der Waals surface area (Å²) in [5.41, 5.74) is 1.50. The fraction of sp³-hybridized carbons (Fsp3) is 0.800. The van der Waals surface area contributed by atoms with Gasteiger partial charge in [-0.25, -0.2) is 0 Å². The Bertz CT molecular complexity index is 355. The zero-order chi connectivity index (χ0) is 14.2. The average molecular weight is 281 g/mol. The van der Waals surface area contributed by atoms with Gasteiger partial charge < -0.3 is 19.7 Å². The maximum Gasteiger partial charge on any atom is 0.193 e. The highest BCUT2D eigenvalue weighted by Gasteiger charge is 2.24. The van der Waals surface area contributed by atoms with Crippen molar-refractivity contribution >= 4 is 5.96 Å². The summed E-state index contributed by atoms with van der Waals surface area (Å²) in [5, 5.41) is 3.47. The molecule has 2 aliphatic rings. The van der Waals surface area contributed by atoms with Crippen LogP contribution in [-0.4, -0.2) is 64.5 Å². The molecule has 1 unspecified atom stereocenters. The summed E-state index contributed by atoms with van der Waals surface area (Å²) in [7, 11) is 3.64. The van der Waals surface area contributed by atoms with Crippen molar-refractivity contribution in [3.63, 3.8) is 0 Å². The summed E-state index contributed by atoms with van der Waals surface area (Å²) < 4.78 is 10.6. The maximum atomic E-state index is 5.32. The lowest BCUT2D eigenvalue weighted by molar-refractivity contribution is 0.153. The van der Waals surface area contributed by atoms with Gasteiger partial charge in [0.1, 0.15) is 0 Å². The van der Waals surface area contributed by atoms with Crippen molar-refractivity contribution < 1.29 is 9.47 Å². The molecule has 0 aromatic rings. The molecule has 0 aromatic heterocycles. The molecule has 2 rings (SSSR count). The van der Waals surface area contributed by atoms with Gasteiger partial charge in [-0.2, -0.15) is 0 Å². The Hall–Kier alpha value is -1.07. The van der Waals surface area contributed by atoms with Gasteiger partial charge in [0.15, 0.2) is 5.96 Å². The minimum Gasteiger partial charge on any atom is -0.384 e. The Morgan fingerprint density at radius 3 is 3.20 bits per heavy atom. The second-order valence-corrected chi connectivity index (χ2v) is 5.47. The number of methoxy groups -OCH3 is 1. The highest BCUT2D eigenvalue weighted by atomic mass is 16.5. The first-order valence-electron chi connectivity index (χ1n) is 7.53. The molecule has 1 atom stereocenters. The van der Waals surface area contributed by atoms with Crippen molar-refractivity contribution in [3.05, 3.63) is 11.6 Å². The van der Waals surface area contributed by atoms with E-state index in [0.717, 1.165) is 58.3 Å². The second-order valence-electron chi connectivity index (χ2n) is 5.47. The van der Waals surface area contributed by atoms with Gasteiger partial charge in [0, 0.05) is 39.7 Å². The molecule has 5 heteroatoms. The third-order valence-corrected chi connectivity index (χ3v) is 3.99. The average Bonchev–Trinajstić information content (AvgIpc) is 2.94.